The maximum Gasteiger partial charge on any atom is 0.365 e. The molecule has 0 saturated heterocycles. The Morgan fingerprint density at radius 2 is 1.64 bits per heavy atom. The van der Waals surface area contributed by atoms with E-state index in [9.17, 15) is 9.59 Å². The van der Waals surface area contributed by atoms with E-state index in [0.29, 0.717) is 16.9 Å². The van der Waals surface area contributed by atoms with Gasteiger partial charge in [0.05, 0.1) is 5.56 Å². The number of hydrogen-bond acceptors (Lipinski definition) is 5. The molecule has 0 fully saturated rings. The summed E-state index contributed by atoms with van der Waals surface area (Å²) in [5.41, 5.74) is 2.00. The smallest absolute Gasteiger partial charge is 0.312 e. The standard InChI is InChI=1S/C17H15NO3S/c1-12(16(19)14-9-7-13(11-22)8-10-14)18-21-17(20)15-5-3-2-4-6-15/h2-10,22H,11H2,1H3/b18-12+. The van der Waals surface area contributed by atoms with Crippen LogP contribution in [-0.2, 0) is 10.6 Å². The quantitative estimate of drug-likeness (QED) is 0.302. The molecule has 0 aliphatic carbocycles. The van der Waals surface area contributed by atoms with E-state index >= 15 is 0 Å². The molecule has 112 valence electrons. The lowest BCUT2D eigenvalue weighted by Gasteiger charge is -2.02. The van der Waals surface area contributed by atoms with Gasteiger partial charge in [-0.2, -0.15) is 12.6 Å². The second-order valence-corrected chi connectivity index (χ2v) is 4.92. The lowest BCUT2D eigenvalue weighted by Crippen LogP contribution is -2.12. The minimum atomic E-state index is -0.599. The van der Waals surface area contributed by atoms with Gasteiger partial charge in [0.2, 0.25) is 5.78 Å². The summed E-state index contributed by atoms with van der Waals surface area (Å²) in [6.07, 6.45) is 0. The predicted octanol–water partition coefficient (Wildman–Crippen LogP) is 3.53. The molecule has 5 heteroatoms. The maximum absolute atomic E-state index is 12.2. The summed E-state index contributed by atoms with van der Waals surface area (Å²) in [6.45, 7) is 1.51. The van der Waals surface area contributed by atoms with Gasteiger partial charge < -0.3 is 4.84 Å². The number of thiol groups is 1. The number of rotatable bonds is 5. The van der Waals surface area contributed by atoms with Crippen molar-refractivity contribution in [3.05, 3.63) is 71.3 Å². The zero-order valence-electron chi connectivity index (χ0n) is 12.0. The minimum Gasteiger partial charge on any atom is -0.312 e. The molecule has 0 aromatic heterocycles. The molecule has 0 saturated carbocycles. The second kappa shape index (κ2) is 7.56. The third kappa shape index (κ3) is 4.05. The molecule has 2 rings (SSSR count). The van der Waals surface area contributed by atoms with Crippen LogP contribution >= 0.6 is 12.6 Å². The molecular formula is C17H15NO3S. The van der Waals surface area contributed by atoms with Crippen molar-refractivity contribution in [3.8, 4) is 0 Å². The van der Waals surface area contributed by atoms with E-state index in [-0.39, 0.29) is 11.5 Å². The van der Waals surface area contributed by atoms with Crippen molar-refractivity contribution in [1.82, 2.24) is 0 Å². The number of ketones is 1. The van der Waals surface area contributed by atoms with Gasteiger partial charge in [0, 0.05) is 11.3 Å². The van der Waals surface area contributed by atoms with Crippen LogP contribution in [0.3, 0.4) is 0 Å². The number of nitrogens with zero attached hydrogens (tertiary/aromatic N) is 1. The van der Waals surface area contributed by atoms with Crippen molar-refractivity contribution < 1.29 is 14.4 Å². The molecule has 0 atom stereocenters. The van der Waals surface area contributed by atoms with E-state index in [1.807, 2.05) is 12.1 Å². The molecule has 0 amide bonds. The molecule has 22 heavy (non-hydrogen) atoms. The predicted molar refractivity (Wildman–Crippen MR) is 88.4 cm³/mol. The summed E-state index contributed by atoms with van der Waals surface area (Å²) >= 11 is 4.16. The highest BCUT2D eigenvalue weighted by Gasteiger charge is 2.12. The fourth-order valence-electron chi connectivity index (χ4n) is 1.75. The highest BCUT2D eigenvalue weighted by atomic mass is 32.1. The van der Waals surface area contributed by atoms with Gasteiger partial charge in [0.25, 0.3) is 0 Å². The summed E-state index contributed by atoms with van der Waals surface area (Å²) < 4.78 is 0. The van der Waals surface area contributed by atoms with Crippen molar-refractivity contribution in [2.75, 3.05) is 0 Å². The average Bonchev–Trinajstić information content (AvgIpc) is 2.59. The third-order valence-electron chi connectivity index (χ3n) is 3.00. The Morgan fingerprint density at radius 3 is 2.23 bits per heavy atom. The molecular weight excluding hydrogens is 298 g/mol. The number of Topliss-reactive ketones (excluding diaryl/α,β-unsaturated/α-hetero) is 1. The molecule has 0 aliphatic heterocycles. The van der Waals surface area contributed by atoms with Crippen LogP contribution in [-0.4, -0.2) is 17.5 Å². The van der Waals surface area contributed by atoms with Gasteiger partial charge in [0.1, 0.15) is 5.71 Å². The molecule has 2 aromatic rings. The Balaban J connectivity index is 2.04. The topological polar surface area (TPSA) is 55.7 Å². The first-order valence-corrected chi connectivity index (χ1v) is 7.30. The van der Waals surface area contributed by atoms with E-state index in [4.69, 9.17) is 4.84 Å². The van der Waals surface area contributed by atoms with Crippen molar-refractivity contribution in [2.24, 2.45) is 5.16 Å². The zero-order valence-corrected chi connectivity index (χ0v) is 12.9. The van der Waals surface area contributed by atoms with E-state index in [1.165, 1.54) is 6.92 Å². The van der Waals surface area contributed by atoms with E-state index < -0.39 is 5.97 Å². The first-order chi connectivity index (χ1) is 10.6. The van der Waals surface area contributed by atoms with Crippen molar-refractivity contribution in [1.29, 1.82) is 0 Å². The van der Waals surface area contributed by atoms with Gasteiger partial charge in [-0.1, -0.05) is 47.6 Å². The molecule has 0 spiro atoms. The van der Waals surface area contributed by atoms with E-state index in [2.05, 4.69) is 17.8 Å². The highest BCUT2D eigenvalue weighted by Crippen LogP contribution is 2.09. The summed E-state index contributed by atoms with van der Waals surface area (Å²) in [7, 11) is 0. The Labute approximate surface area is 134 Å². The minimum absolute atomic E-state index is 0.114. The normalized spacial score (nSPS) is 11.1. The van der Waals surface area contributed by atoms with Crippen LogP contribution in [0.1, 0.15) is 33.2 Å². The van der Waals surface area contributed by atoms with Crippen LogP contribution in [0.25, 0.3) is 0 Å². The Morgan fingerprint density at radius 1 is 1.00 bits per heavy atom. The Hall–Kier alpha value is -2.40. The SMILES string of the molecule is C/C(=N\OC(=O)c1ccccc1)C(=O)c1ccc(CS)cc1. The van der Waals surface area contributed by atoms with Gasteiger partial charge in [-0.25, -0.2) is 4.79 Å². The maximum atomic E-state index is 12.2. The first kappa shape index (κ1) is 16.0. The van der Waals surface area contributed by atoms with Crippen molar-refractivity contribution in [2.45, 2.75) is 12.7 Å². The zero-order chi connectivity index (χ0) is 15.9. The van der Waals surface area contributed by atoms with E-state index in [0.717, 1.165) is 5.56 Å². The number of benzene rings is 2. The molecule has 0 N–H and O–H groups in total. The second-order valence-electron chi connectivity index (χ2n) is 4.61. The van der Waals surface area contributed by atoms with Crippen LogP contribution < -0.4 is 0 Å². The summed E-state index contributed by atoms with van der Waals surface area (Å²) in [6, 6.07) is 15.5. The average molecular weight is 313 g/mol. The van der Waals surface area contributed by atoms with Crippen LogP contribution in [0.4, 0.5) is 0 Å². The number of carbonyl (C=O) groups excluding carboxylic acids is 2. The molecule has 0 unspecified atom stereocenters. The molecule has 0 bridgehead atoms. The largest absolute Gasteiger partial charge is 0.365 e. The number of oxime groups is 1. The van der Waals surface area contributed by atoms with Gasteiger partial charge in [-0.05, 0) is 24.6 Å². The fraction of sp³-hybridized carbons (Fsp3) is 0.118. The fourth-order valence-corrected chi connectivity index (χ4v) is 1.96. The Bertz CT molecular complexity index is 694. The summed E-state index contributed by atoms with van der Waals surface area (Å²) in [5, 5.41) is 3.62. The van der Waals surface area contributed by atoms with E-state index in [1.54, 1.807) is 42.5 Å². The number of carbonyl (C=O) groups is 2. The van der Waals surface area contributed by atoms with Gasteiger partial charge in [-0.15, -0.1) is 0 Å². The van der Waals surface area contributed by atoms with Gasteiger partial charge >= 0.3 is 5.97 Å². The van der Waals surface area contributed by atoms with Gasteiger partial charge in [-0.3, -0.25) is 4.79 Å². The number of hydrogen-bond donors (Lipinski definition) is 1. The van der Waals surface area contributed by atoms with Gasteiger partial charge in [0.15, 0.2) is 0 Å². The highest BCUT2D eigenvalue weighted by molar-refractivity contribution is 7.79. The lowest BCUT2D eigenvalue weighted by atomic mass is 10.1. The molecule has 0 radical (unpaired) electrons. The molecule has 0 heterocycles. The molecule has 2 aromatic carbocycles. The van der Waals surface area contributed by atoms with Crippen LogP contribution in [0.15, 0.2) is 59.8 Å². The van der Waals surface area contributed by atoms with Crippen LogP contribution in [0, 0.1) is 0 Å². The molecule has 0 aliphatic rings. The molecule has 4 nitrogen and oxygen atoms in total. The monoisotopic (exact) mass is 313 g/mol. The van der Waals surface area contributed by atoms with Crippen LogP contribution in [0.2, 0.25) is 0 Å². The van der Waals surface area contributed by atoms with Crippen molar-refractivity contribution >= 4 is 30.1 Å². The van der Waals surface area contributed by atoms with Crippen LogP contribution in [0.5, 0.6) is 0 Å². The summed E-state index contributed by atoms with van der Waals surface area (Å²) in [5.74, 6) is -0.277. The lowest BCUT2D eigenvalue weighted by molar-refractivity contribution is 0.0515. The Kier molecular flexibility index (Phi) is 5.49. The summed E-state index contributed by atoms with van der Waals surface area (Å²) in [4.78, 5) is 28.7. The van der Waals surface area contributed by atoms with Crippen molar-refractivity contribution in [3.63, 3.8) is 0 Å². The third-order valence-corrected chi connectivity index (χ3v) is 3.37. The first-order valence-electron chi connectivity index (χ1n) is 6.67.